The zero-order valence-corrected chi connectivity index (χ0v) is 9.44. The molecule has 4 heteroatoms. The maximum atomic E-state index is 5.77. The van der Waals surface area contributed by atoms with Crippen molar-refractivity contribution in [3.63, 3.8) is 0 Å². The Morgan fingerprint density at radius 2 is 2.12 bits per heavy atom. The van der Waals surface area contributed by atoms with Crippen molar-refractivity contribution in [2.45, 2.75) is 12.2 Å². The molecule has 1 saturated heterocycles. The van der Waals surface area contributed by atoms with Crippen LogP contribution >= 0.6 is 0 Å². The first-order valence-corrected chi connectivity index (χ1v) is 5.43. The van der Waals surface area contributed by atoms with E-state index in [2.05, 4.69) is 0 Å². The van der Waals surface area contributed by atoms with Crippen molar-refractivity contribution in [2.24, 2.45) is 5.73 Å². The Hall–Kier alpha value is -1.10. The van der Waals surface area contributed by atoms with E-state index in [0.717, 1.165) is 17.7 Å². The SMILES string of the molecule is COc1cccc(C2(CN)OCCCO2)c1. The standard InChI is InChI=1S/C12H17NO3/c1-14-11-5-2-4-10(8-11)12(9-13)15-6-3-7-16-12/h2,4-5,8H,3,6-7,9,13H2,1H3. The first-order valence-electron chi connectivity index (χ1n) is 5.43. The third kappa shape index (κ3) is 2.04. The minimum atomic E-state index is -0.799. The quantitative estimate of drug-likeness (QED) is 0.837. The Balaban J connectivity index is 2.31. The summed E-state index contributed by atoms with van der Waals surface area (Å²) in [6, 6.07) is 7.64. The van der Waals surface area contributed by atoms with Crippen LogP contribution < -0.4 is 10.5 Å². The normalized spacial score (nSPS) is 19.4. The molecule has 0 radical (unpaired) electrons. The van der Waals surface area contributed by atoms with Crippen LogP contribution in [0.15, 0.2) is 24.3 Å². The molecule has 0 atom stereocenters. The summed E-state index contributed by atoms with van der Waals surface area (Å²) in [6.07, 6.45) is 0.908. The van der Waals surface area contributed by atoms with E-state index >= 15 is 0 Å². The smallest absolute Gasteiger partial charge is 0.207 e. The van der Waals surface area contributed by atoms with Gasteiger partial charge in [-0.1, -0.05) is 12.1 Å². The van der Waals surface area contributed by atoms with Gasteiger partial charge in [-0.05, 0) is 18.6 Å². The van der Waals surface area contributed by atoms with Gasteiger partial charge < -0.3 is 19.9 Å². The number of rotatable bonds is 3. The summed E-state index contributed by atoms with van der Waals surface area (Å²) < 4.78 is 16.6. The topological polar surface area (TPSA) is 53.7 Å². The van der Waals surface area contributed by atoms with E-state index in [4.69, 9.17) is 19.9 Å². The van der Waals surface area contributed by atoms with Gasteiger partial charge in [-0.25, -0.2) is 0 Å². The van der Waals surface area contributed by atoms with Crippen molar-refractivity contribution in [1.82, 2.24) is 0 Å². The molecule has 1 heterocycles. The second kappa shape index (κ2) is 4.82. The molecule has 2 rings (SSSR count). The fourth-order valence-corrected chi connectivity index (χ4v) is 1.84. The molecule has 1 aliphatic rings. The first kappa shape index (κ1) is 11.4. The second-order valence-corrected chi connectivity index (χ2v) is 3.74. The number of hydrogen-bond acceptors (Lipinski definition) is 4. The Bertz CT molecular complexity index is 348. The number of hydrogen-bond donors (Lipinski definition) is 1. The Morgan fingerprint density at radius 3 is 2.75 bits per heavy atom. The summed E-state index contributed by atoms with van der Waals surface area (Å²) in [7, 11) is 1.64. The number of nitrogens with two attached hydrogens (primary N) is 1. The van der Waals surface area contributed by atoms with Crippen LogP contribution in [-0.2, 0) is 15.3 Å². The number of methoxy groups -OCH3 is 1. The van der Waals surface area contributed by atoms with Crippen LogP contribution in [0.2, 0.25) is 0 Å². The van der Waals surface area contributed by atoms with Crippen LogP contribution in [0, 0.1) is 0 Å². The van der Waals surface area contributed by atoms with Crippen LogP contribution in [0.1, 0.15) is 12.0 Å². The van der Waals surface area contributed by atoms with E-state index < -0.39 is 5.79 Å². The Labute approximate surface area is 95.3 Å². The van der Waals surface area contributed by atoms with E-state index in [9.17, 15) is 0 Å². The number of benzene rings is 1. The van der Waals surface area contributed by atoms with Crippen molar-refractivity contribution in [3.8, 4) is 5.75 Å². The van der Waals surface area contributed by atoms with Gasteiger partial charge in [0.1, 0.15) is 5.75 Å². The molecule has 0 aliphatic carbocycles. The molecule has 0 unspecified atom stereocenters. The van der Waals surface area contributed by atoms with Gasteiger partial charge in [-0.3, -0.25) is 0 Å². The molecule has 1 aliphatic heterocycles. The summed E-state index contributed by atoms with van der Waals surface area (Å²) in [5.41, 5.74) is 6.68. The lowest BCUT2D eigenvalue weighted by Gasteiger charge is -2.36. The molecule has 0 aromatic heterocycles. The molecule has 1 aromatic rings. The van der Waals surface area contributed by atoms with Gasteiger partial charge in [-0.2, -0.15) is 0 Å². The van der Waals surface area contributed by atoms with Crippen LogP contribution in [0.5, 0.6) is 5.75 Å². The van der Waals surface area contributed by atoms with E-state index in [1.165, 1.54) is 0 Å². The second-order valence-electron chi connectivity index (χ2n) is 3.74. The van der Waals surface area contributed by atoms with Crippen LogP contribution in [0.25, 0.3) is 0 Å². The van der Waals surface area contributed by atoms with Crippen LogP contribution in [0.3, 0.4) is 0 Å². The first-order chi connectivity index (χ1) is 7.80. The molecule has 0 amide bonds. The highest BCUT2D eigenvalue weighted by atomic mass is 16.7. The maximum absolute atomic E-state index is 5.77. The molecule has 88 valence electrons. The molecule has 1 aromatic carbocycles. The molecule has 1 fully saturated rings. The number of ether oxygens (including phenoxy) is 3. The van der Waals surface area contributed by atoms with Crippen molar-refractivity contribution < 1.29 is 14.2 Å². The minimum absolute atomic E-state index is 0.306. The monoisotopic (exact) mass is 223 g/mol. The summed E-state index contributed by atoms with van der Waals surface area (Å²) in [6.45, 7) is 1.66. The highest BCUT2D eigenvalue weighted by Crippen LogP contribution is 2.31. The zero-order chi connectivity index (χ0) is 11.4. The van der Waals surface area contributed by atoms with Crippen molar-refractivity contribution >= 4 is 0 Å². The zero-order valence-electron chi connectivity index (χ0n) is 9.44. The molecule has 0 bridgehead atoms. The molecule has 0 spiro atoms. The van der Waals surface area contributed by atoms with Gasteiger partial charge in [0.2, 0.25) is 5.79 Å². The third-order valence-electron chi connectivity index (χ3n) is 2.74. The third-order valence-corrected chi connectivity index (χ3v) is 2.74. The lowest BCUT2D eigenvalue weighted by molar-refractivity contribution is -0.269. The largest absolute Gasteiger partial charge is 0.497 e. The molecule has 4 nitrogen and oxygen atoms in total. The van der Waals surface area contributed by atoms with Gasteiger partial charge in [0, 0.05) is 5.56 Å². The van der Waals surface area contributed by atoms with Crippen molar-refractivity contribution in [3.05, 3.63) is 29.8 Å². The Morgan fingerprint density at radius 1 is 1.38 bits per heavy atom. The van der Waals surface area contributed by atoms with Gasteiger partial charge >= 0.3 is 0 Å². The summed E-state index contributed by atoms with van der Waals surface area (Å²) >= 11 is 0. The molecule has 0 saturated carbocycles. The minimum Gasteiger partial charge on any atom is -0.497 e. The molecular formula is C12H17NO3. The lowest BCUT2D eigenvalue weighted by atomic mass is 10.0. The van der Waals surface area contributed by atoms with Gasteiger partial charge in [0.25, 0.3) is 0 Å². The van der Waals surface area contributed by atoms with Gasteiger partial charge in [0.05, 0.1) is 26.9 Å². The molecular weight excluding hydrogens is 206 g/mol. The fourth-order valence-electron chi connectivity index (χ4n) is 1.84. The van der Waals surface area contributed by atoms with E-state index in [1.807, 2.05) is 24.3 Å². The highest BCUT2D eigenvalue weighted by Gasteiger charge is 2.35. The highest BCUT2D eigenvalue weighted by molar-refractivity contribution is 5.31. The van der Waals surface area contributed by atoms with Crippen molar-refractivity contribution in [1.29, 1.82) is 0 Å². The van der Waals surface area contributed by atoms with E-state index in [0.29, 0.717) is 19.8 Å². The summed E-state index contributed by atoms with van der Waals surface area (Å²) in [4.78, 5) is 0. The van der Waals surface area contributed by atoms with Gasteiger partial charge in [0.15, 0.2) is 0 Å². The van der Waals surface area contributed by atoms with E-state index in [-0.39, 0.29) is 0 Å². The summed E-state index contributed by atoms with van der Waals surface area (Å²) in [5.74, 6) is -0.0182. The Kier molecular flexibility index (Phi) is 3.43. The lowest BCUT2D eigenvalue weighted by Crippen LogP contribution is -2.44. The van der Waals surface area contributed by atoms with Gasteiger partial charge in [-0.15, -0.1) is 0 Å². The predicted octanol–water partition coefficient (Wildman–Crippen LogP) is 1.24. The summed E-state index contributed by atoms with van der Waals surface area (Å²) in [5, 5.41) is 0. The van der Waals surface area contributed by atoms with Crippen LogP contribution in [0.4, 0.5) is 0 Å². The maximum Gasteiger partial charge on any atom is 0.207 e. The average Bonchev–Trinajstić information content (AvgIpc) is 2.39. The average molecular weight is 223 g/mol. The fraction of sp³-hybridized carbons (Fsp3) is 0.500. The van der Waals surface area contributed by atoms with E-state index in [1.54, 1.807) is 7.11 Å². The predicted molar refractivity (Wildman–Crippen MR) is 60.2 cm³/mol. The molecule has 16 heavy (non-hydrogen) atoms. The van der Waals surface area contributed by atoms with Crippen molar-refractivity contribution in [2.75, 3.05) is 26.9 Å². The van der Waals surface area contributed by atoms with Crippen LogP contribution in [-0.4, -0.2) is 26.9 Å². The molecule has 2 N–H and O–H groups in total.